The highest BCUT2D eigenvalue weighted by Crippen LogP contribution is 2.17. The van der Waals surface area contributed by atoms with Gasteiger partial charge in [-0.2, -0.15) is 0 Å². The van der Waals surface area contributed by atoms with E-state index in [0.29, 0.717) is 0 Å². The number of rotatable bonds is 8. The molecule has 0 radical (unpaired) electrons. The number of hydrogen-bond donors (Lipinski definition) is 1. The Morgan fingerprint density at radius 3 is 2.95 bits per heavy atom. The fraction of sp³-hybridized carbons (Fsp3) is 0.533. The predicted octanol–water partition coefficient (Wildman–Crippen LogP) is 2.28. The van der Waals surface area contributed by atoms with Crippen molar-refractivity contribution in [2.24, 2.45) is 0 Å². The predicted molar refractivity (Wildman–Crippen MR) is 79.4 cm³/mol. The maximum atomic E-state index is 5.50. The van der Waals surface area contributed by atoms with Crippen LogP contribution in [0.25, 0.3) is 0 Å². The molecule has 0 saturated carbocycles. The summed E-state index contributed by atoms with van der Waals surface area (Å²) in [5, 5.41) is 3.47. The Kier molecular flexibility index (Phi) is 5.38. The Morgan fingerprint density at radius 2 is 2.30 bits per heavy atom. The molecule has 0 saturated heterocycles. The third-order valence-corrected chi connectivity index (χ3v) is 3.38. The van der Waals surface area contributed by atoms with Crippen LogP contribution in [-0.4, -0.2) is 35.1 Å². The molecule has 0 fully saturated rings. The number of nitrogens with one attached hydrogen (secondary N) is 1. The molecule has 2 heterocycles. The summed E-state index contributed by atoms with van der Waals surface area (Å²) in [4.78, 5) is 6.56. The van der Waals surface area contributed by atoms with Crippen molar-refractivity contribution in [1.29, 1.82) is 0 Å². The third kappa shape index (κ3) is 3.71. The minimum atomic E-state index is 0.236. The van der Waals surface area contributed by atoms with E-state index in [9.17, 15) is 0 Å². The van der Waals surface area contributed by atoms with Crippen molar-refractivity contribution in [2.75, 3.05) is 20.6 Å². The second-order valence-corrected chi connectivity index (χ2v) is 5.16. The van der Waals surface area contributed by atoms with Gasteiger partial charge in [-0.05, 0) is 32.6 Å². The molecule has 0 aromatic carbocycles. The molecule has 0 aliphatic rings. The Bertz CT molecular complexity index is 490. The molecule has 0 amide bonds. The second-order valence-electron chi connectivity index (χ2n) is 5.16. The quantitative estimate of drug-likeness (QED) is 0.803. The van der Waals surface area contributed by atoms with Crippen LogP contribution < -0.4 is 5.32 Å². The van der Waals surface area contributed by atoms with E-state index < -0.39 is 0 Å². The van der Waals surface area contributed by atoms with E-state index in [-0.39, 0.29) is 6.04 Å². The monoisotopic (exact) mass is 276 g/mol. The van der Waals surface area contributed by atoms with E-state index >= 15 is 0 Å². The minimum absolute atomic E-state index is 0.236. The van der Waals surface area contributed by atoms with Crippen molar-refractivity contribution in [3.63, 3.8) is 0 Å². The lowest BCUT2D eigenvalue weighted by Gasteiger charge is -2.22. The summed E-state index contributed by atoms with van der Waals surface area (Å²) in [5.74, 6) is 2.07. The van der Waals surface area contributed by atoms with Crippen LogP contribution in [0.15, 0.2) is 35.2 Å². The molecule has 5 nitrogen and oxygen atoms in total. The highest BCUT2D eigenvalue weighted by atomic mass is 16.3. The molecule has 110 valence electrons. The van der Waals surface area contributed by atoms with Crippen LogP contribution in [-0.2, 0) is 13.1 Å². The molecule has 0 bridgehead atoms. The van der Waals surface area contributed by atoms with Crippen LogP contribution in [0, 0.1) is 0 Å². The first-order valence-electron chi connectivity index (χ1n) is 7.13. The summed E-state index contributed by atoms with van der Waals surface area (Å²) in [5.41, 5.74) is 0. The molecule has 1 unspecified atom stereocenters. The van der Waals surface area contributed by atoms with Gasteiger partial charge in [0.2, 0.25) is 0 Å². The first-order valence-corrected chi connectivity index (χ1v) is 7.13. The van der Waals surface area contributed by atoms with Gasteiger partial charge in [0.1, 0.15) is 11.6 Å². The van der Waals surface area contributed by atoms with Crippen LogP contribution in [0.3, 0.4) is 0 Å². The zero-order valence-electron chi connectivity index (χ0n) is 12.5. The minimum Gasteiger partial charge on any atom is -0.468 e. The molecule has 20 heavy (non-hydrogen) atoms. The van der Waals surface area contributed by atoms with Crippen LogP contribution in [0.2, 0.25) is 0 Å². The molecular formula is C15H24N4O. The van der Waals surface area contributed by atoms with Crippen LogP contribution in [0.4, 0.5) is 0 Å². The maximum absolute atomic E-state index is 5.50. The van der Waals surface area contributed by atoms with Gasteiger partial charge in [0.05, 0.1) is 18.8 Å². The van der Waals surface area contributed by atoms with Crippen molar-refractivity contribution < 1.29 is 4.42 Å². The molecule has 0 aliphatic carbocycles. The van der Waals surface area contributed by atoms with E-state index in [4.69, 9.17) is 4.42 Å². The number of aryl methyl sites for hydroxylation is 1. The van der Waals surface area contributed by atoms with E-state index in [1.54, 1.807) is 6.26 Å². The SMILES string of the molecule is CCCn1ccnc1CNCC(c1ccco1)N(C)C. The van der Waals surface area contributed by atoms with E-state index in [2.05, 4.69) is 40.8 Å². The summed E-state index contributed by atoms with van der Waals surface area (Å²) < 4.78 is 7.70. The summed E-state index contributed by atoms with van der Waals surface area (Å²) in [6.45, 7) is 4.81. The van der Waals surface area contributed by atoms with Gasteiger partial charge in [-0.3, -0.25) is 4.90 Å². The number of hydrogen-bond acceptors (Lipinski definition) is 4. The van der Waals surface area contributed by atoms with Crippen LogP contribution in [0.5, 0.6) is 0 Å². The standard InChI is InChI=1S/C15H24N4O/c1-4-8-19-9-7-17-15(19)12-16-11-13(18(2)3)14-6-5-10-20-14/h5-7,9-10,13,16H,4,8,11-12H2,1-3H3. The van der Waals surface area contributed by atoms with E-state index in [0.717, 1.165) is 37.6 Å². The summed E-state index contributed by atoms with van der Waals surface area (Å²) in [6, 6.07) is 4.18. The molecular weight excluding hydrogens is 252 g/mol. The highest BCUT2D eigenvalue weighted by Gasteiger charge is 2.16. The summed E-state index contributed by atoms with van der Waals surface area (Å²) in [6.07, 6.45) is 6.75. The summed E-state index contributed by atoms with van der Waals surface area (Å²) in [7, 11) is 4.12. The topological polar surface area (TPSA) is 46.2 Å². The van der Waals surface area contributed by atoms with Gasteiger partial charge in [0, 0.05) is 25.5 Å². The van der Waals surface area contributed by atoms with Gasteiger partial charge in [0.25, 0.3) is 0 Å². The molecule has 0 aliphatic heterocycles. The van der Waals surface area contributed by atoms with E-state index in [1.807, 2.05) is 24.5 Å². The number of aromatic nitrogens is 2. The molecule has 0 spiro atoms. The summed E-state index contributed by atoms with van der Waals surface area (Å²) >= 11 is 0. The van der Waals surface area contributed by atoms with Gasteiger partial charge in [-0.15, -0.1) is 0 Å². The van der Waals surface area contributed by atoms with Crippen molar-refractivity contribution >= 4 is 0 Å². The highest BCUT2D eigenvalue weighted by molar-refractivity contribution is 5.05. The van der Waals surface area contributed by atoms with Crippen molar-refractivity contribution in [3.8, 4) is 0 Å². The lowest BCUT2D eigenvalue weighted by molar-refractivity contribution is 0.249. The van der Waals surface area contributed by atoms with Gasteiger partial charge >= 0.3 is 0 Å². The fourth-order valence-electron chi connectivity index (χ4n) is 2.29. The van der Waals surface area contributed by atoms with E-state index in [1.165, 1.54) is 0 Å². The van der Waals surface area contributed by atoms with Gasteiger partial charge in [-0.25, -0.2) is 4.98 Å². The van der Waals surface area contributed by atoms with Gasteiger partial charge in [0.15, 0.2) is 0 Å². The lowest BCUT2D eigenvalue weighted by atomic mass is 10.2. The van der Waals surface area contributed by atoms with Gasteiger partial charge in [-0.1, -0.05) is 6.92 Å². The average molecular weight is 276 g/mol. The Balaban J connectivity index is 1.89. The van der Waals surface area contributed by atoms with Crippen LogP contribution in [0.1, 0.15) is 31.0 Å². The first-order chi connectivity index (χ1) is 9.72. The number of imidazole rings is 1. The second kappa shape index (κ2) is 7.26. The number of nitrogens with zero attached hydrogens (tertiary/aromatic N) is 3. The zero-order valence-corrected chi connectivity index (χ0v) is 12.5. The first kappa shape index (κ1) is 14.8. The number of likely N-dealkylation sites (N-methyl/N-ethyl adjacent to an activating group) is 1. The Hall–Kier alpha value is -1.59. The smallest absolute Gasteiger partial charge is 0.122 e. The maximum Gasteiger partial charge on any atom is 0.122 e. The fourth-order valence-corrected chi connectivity index (χ4v) is 2.29. The van der Waals surface area contributed by atoms with Crippen molar-refractivity contribution in [1.82, 2.24) is 19.8 Å². The van der Waals surface area contributed by atoms with Crippen LogP contribution >= 0.6 is 0 Å². The molecule has 2 aromatic rings. The molecule has 1 atom stereocenters. The Morgan fingerprint density at radius 1 is 1.45 bits per heavy atom. The van der Waals surface area contributed by atoms with Crippen molar-refractivity contribution in [2.45, 2.75) is 32.5 Å². The van der Waals surface area contributed by atoms with Crippen molar-refractivity contribution in [3.05, 3.63) is 42.4 Å². The lowest BCUT2D eigenvalue weighted by Crippen LogP contribution is -2.31. The normalized spacial score (nSPS) is 13.0. The number of furan rings is 1. The largest absolute Gasteiger partial charge is 0.468 e. The average Bonchev–Trinajstić information content (AvgIpc) is 3.06. The third-order valence-electron chi connectivity index (χ3n) is 3.38. The molecule has 1 N–H and O–H groups in total. The zero-order chi connectivity index (χ0) is 14.4. The molecule has 2 rings (SSSR count). The van der Waals surface area contributed by atoms with Gasteiger partial charge < -0.3 is 14.3 Å². The molecule has 5 heteroatoms. The Labute approximate surface area is 120 Å². The molecule has 2 aromatic heterocycles.